The molecule has 20 heavy (non-hydrogen) atoms. The molecule has 2 amide bonds. The van der Waals surface area contributed by atoms with Crippen LogP contribution in [0.3, 0.4) is 0 Å². The molecule has 0 saturated heterocycles. The SMILES string of the molecule is Cc1nnc(NC(=O)NCc2cc(C(=O)O)ccn2)s1. The van der Waals surface area contributed by atoms with Crippen LogP contribution >= 0.6 is 11.3 Å². The minimum Gasteiger partial charge on any atom is -0.478 e. The van der Waals surface area contributed by atoms with Crippen molar-refractivity contribution in [3.05, 3.63) is 34.6 Å². The van der Waals surface area contributed by atoms with Gasteiger partial charge in [0, 0.05) is 6.20 Å². The minimum absolute atomic E-state index is 0.116. The van der Waals surface area contributed by atoms with E-state index in [4.69, 9.17) is 5.11 Å². The molecule has 0 bridgehead atoms. The van der Waals surface area contributed by atoms with Crippen LogP contribution in [0.25, 0.3) is 0 Å². The number of nitrogens with one attached hydrogen (secondary N) is 2. The van der Waals surface area contributed by atoms with Crippen molar-refractivity contribution >= 4 is 28.5 Å². The number of amides is 2. The summed E-state index contributed by atoms with van der Waals surface area (Å²) in [6.07, 6.45) is 1.38. The molecule has 0 spiro atoms. The van der Waals surface area contributed by atoms with Gasteiger partial charge in [0.05, 0.1) is 17.8 Å². The van der Waals surface area contributed by atoms with Crippen molar-refractivity contribution in [1.82, 2.24) is 20.5 Å². The molecule has 2 aromatic rings. The van der Waals surface area contributed by atoms with Gasteiger partial charge in [0.25, 0.3) is 0 Å². The predicted molar refractivity (Wildman–Crippen MR) is 71.7 cm³/mol. The van der Waals surface area contributed by atoms with E-state index in [-0.39, 0.29) is 12.1 Å². The first-order valence-electron chi connectivity index (χ1n) is 5.58. The molecule has 0 radical (unpaired) electrons. The van der Waals surface area contributed by atoms with E-state index in [2.05, 4.69) is 25.8 Å². The Kier molecular flexibility index (Phi) is 4.20. The summed E-state index contributed by atoms with van der Waals surface area (Å²) in [6.45, 7) is 1.90. The highest BCUT2D eigenvalue weighted by Gasteiger charge is 2.08. The van der Waals surface area contributed by atoms with E-state index in [1.807, 2.05) is 0 Å². The molecule has 9 heteroatoms. The van der Waals surface area contributed by atoms with Crippen LogP contribution in [-0.4, -0.2) is 32.3 Å². The van der Waals surface area contributed by atoms with Crippen LogP contribution in [-0.2, 0) is 6.54 Å². The van der Waals surface area contributed by atoms with Gasteiger partial charge in [0.1, 0.15) is 5.01 Å². The first-order valence-corrected chi connectivity index (χ1v) is 6.39. The van der Waals surface area contributed by atoms with E-state index >= 15 is 0 Å². The van der Waals surface area contributed by atoms with Gasteiger partial charge in [-0.05, 0) is 19.1 Å². The van der Waals surface area contributed by atoms with Crippen LogP contribution in [0.1, 0.15) is 21.1 Å². The van der Waals surface area contributed by atoms with E-state index in [1.165, 1.54) is 29.7 Å². The maximum absolute atomic E-state index is 11.6. The zero-order chi connectivity index (χ0) is 14.5. The number of hydrogen-bond donors (Lipinski definition) is 3. The normalized spacial score (nSPS) is 10.1. The molecular weight excluding hydrogens is 282 g/mol. The number of aryl methyl sites for hydroxylation is 1. The molecule has 0 aliphatic rings. The lowest BCUT2D eigenvalue weighted by Gasteiger charge is -2.05. The number of carboxylic acids is 1. The van der Waals surface area contributed by atoms with Crippen molar-refractivity contribution in [2.45, 2.75) is 13.5 Å². The summed E-state index contributed by atoms with van der Waals surface area (Å²) in [5.41, 5.74) is 0.574. The molecule has 0 unspecified atom stereocenters. The minimum atomic E-state index is -1.04. The third-order valence-corrected chi connectivity index (χ3v) is 2.99. The molecule has 2 heterocycles. The van der Waals surface area contributed by atoms with E-state index in [0.717, 1.165) is 5.01 Å². The Morgan fingerprint density at radius 1 is 1.40 bits per heavy atom. The Morgan fingerprint density at radius 3 is 2.85 bits per heavy atom. The molecule has 0 fully saturated rings. The van der Waals surface area contributed by atoms with Gasteiger partial charge in [-0.15, -0.1) is 10.2 Å². The van der Waals surface area contributed by atoms with Gasteiger partial charge in [-0.25, -0.2) is 9.59 Å². The highest BCUT2D eigenvalue weighted by molar-refractivity contribution is 7.15. The fourth-order valence-corrected chi connectivity index (χ4v) is 1.95. The van der Waals surface area contributed by atoms with Crippen LogP contribution < -0.4 is 10.6 Å². The van der Waals surface area contributed by atoms with Gasteiger partial charge < -0.3 is 10.4 Å². The second-order valence-electron chi connectivity index (χ2n) is 3.77. The molecule has 0 atom stereocenters. The topological polar surface area (TPSA) is 117 Å². The summed E-state index contributed by atoms with van der Waals surface area (Å²) in [7, 11) is 0. The number of aromatic nitrogens is 3. The van der Waals surface area contributed by atoms with Crippen molar-refractivity contribution in [3.63, 3.8) is 0 Å². The number of hydrogen-bond acceptors (Lipinski definition) is 6. The number of rotatable bonds is 4. The van der Waals surface area contributed by atoms with E-state index in [1.54, 1.807) is 6.92 Å². The smallest absolute Gasteiger partial charge is 0.335 e. The molecule has 104 valence electrons. The van der Waals surface area contributed by atoms with Gasteiger partial charge in [-0.3, -0.25) is 10.3 Å². The Bertz CT molecular complexity index is 642. The quantitative estimate of drug-likeness (QED) is 0.781. The van der Waals surface area contributed by atoms with Crippen molar-refractivity contribution in [3.8, 4) is 0 Å². The zero-order valence-corrected chi connectivity index (χ0v) is 11.3. The average Bonchev–Trinajstić information content (AvgIpc) is 2.82. The lowest BCUT2D eigenvalue weighted by Crippen LogP contribution is -2.28. The van der Waals surface area contributed by atoms with Crippen molar-refractivity contribution in [2.24, 2.45) is 0 Å². The van der Waals surface area contributed by atoms with E-state index in [9.17, 15) is 9.59 Å². The fraction of sp³-hybridized carbons (Fsp3) is 0.182. The van der Waals surface area contributed by atoms with Crippen molar-refractivity contribution < 1.29 is 14.7 Å². The number of anilines is 1. The molecule has 0 aliphatic carbocycles. The van der Waals surface area contributed by atoms with E-state index < -0.39 is 12.0 Å². The summed E-state index contributed by atoms with van der Waals surface area (Å²) in [4.78, 5) is 26.4. The van der Waals surface area contributed by atoms with Crippen LogP contribution in [0.15, 0.2) is 18.3 Å². The van der Waals surface area contributed by atoms with Crippen LogP contribution in [0.5, 0.6) is 0 Å². The van der Waals surface area contributed by atoms with Crippen LogP contribution in [0, 0.1) is 6.92 Å². The van der Waals surface area contributed by atoms with Gasteiger partial charge in [-0.1, -0.05) is 11.3 Å². The van der Waals surface area contributed by atoms with E-state index in [0.29, 0.717) is 10.8 Å². The van der Waals surface area contributed by atoms with Gasteiger partial charge in [0.2, 0.25) is 5.13 Å². The Morgan fingerprint density at radius 2 is 2.20 bits per heavy atom. The molecule has 2 aromatic heterocycles. The summed E-state index contributed by atoms with van der Waals surface area (Å²) in [5, 5.41) is 22.6. The number of nitrogens with zero attached hydrogens (tertiary/aromatic N) is 3. The number of carboxylic acid groups (broad SMARTS) is 1. The Hall–Kier alpha value is -2.55. The van der Waals surface area contributed by atoms with Crippen LogP contribution in [0.4, 0.5) is 9.93 Å². The lowest BCUT2D eigenvalue weighted by molar-refractivity contribution is 0.0696. The molecule has 0 aromatic carbocycles. The highest BCUT2D eigenvalue weighted by Crippen LogP contribution is 2.13. The second-order valence-corrected chi connectivity index (χ2v) is 4.96. The molecule has 3 N–H and O–H groups in total. The van der Waals surface area contributed by atoms with Gasteiger partial charge >= 0.3 is 12.0 Å². The Balaban J connectivity index is 1.90. The third kappa shape index (κ3) is 3.72. The van der Waals surface area contributed by atoms with Crippen LogP contribution in [0.2, 0.25) is 0 Å². The first kappa shape index (κ1) is 13.9. The Labute approximate surface area is 117 Å². The summed E-state index contributed by atoms with van der Waals surface area (Å²) >= 11 is 1.26. The maximum atomic E-state index is 11.6. The summed E-state index contributed by atoms with van der Waals surface area (Å²) < 4.78 is 0. The molecular formula is C11H11N5O3S. The number of pyridine rings is 1. The molecule has 0 saturated carbocycles. The fourth-order valence-electron chi connectivity index (χ4n) is 1.37. The predicted octanol–water partition coefficient (Wildman–Crippen LogP) is 1.26. The molecule has 8 nitrogen and oxygen atoms in total. The summed E-state index contributed by atoms with van der Waals surface area (Å²) in [6, 6.07) is 2.33. The van der Waals surface area contributed by atoms with Gasteiger partial charge in [0.15, 0.2) is 0 Å². The first-order chi connectivity index (χ1) is 9.54. The average molecular weight is 293 g/mol. The van der Waals surface area contributed by atoms with Crippen molar-refractivity contribution in [2.75, 3.05) is 5.32 Å². The number of urea groups is 1. The number of aromatic carboxylic acids is 1. The summed E-state index contributed by atoms with van der Waals surface area (Å²) in [5.74, 6) is -1.04. The standard InChI is InChI=1S/C11H11N5O3S/c1-6-15-16-11(20-6)14-10(19)13-5-8-4-7(9(17)18)2-3-12-8/h2-4H,5H2,1H3,(H,17,18)(H2,13,14,16,19). The zero-order valence-electron chi connectivity index (χ0n) is 10.5. The van der Waals surface area contributed by atoms with Gasteiger partial charge in [-0.2, -0.15) is 0 Å². The number of carbonyl (C=O) groups excluding carboxylic acids is 1. The molecule has 2 rings (SSSR count). The van der Waals surface area contributed by atoms with Crippen molar-refractivity contribution in [1.29, 1.82) is 0 Å². The monoisotopic (exact) mass is 293 g/mol. The second kappa shape index (κ2) is 6.06. The third-order valence-electron chi connectivity index (χ3n) is 2.24. The number of carbonyl (C=O) groups is 2. The largest absolute Gasteiger partial charge is 0.478 e. The highest BCUT2D eigenvalue weighted by atomic mass is 32.1. The lowest BCUT2D eigenvalue weighted by atomic mass is 10.2. The molecule has 0 aliphatic heterocycles. The maximum Gasteiger partial charge on any atom is 0.335 e.